The molecule has 0 heterocycles. The number of Topliss-reactive ketones (excluding diaryl/α,β-unsaturated/α-hetero) is 1. The molecule has 0 bridgehead atoms. The predicted octanol–water partition coefficient (Wildman–Crippen LogP) is 3.28. The summed E-state index contributed by atoms with van der Waals surface area (Å²) in [6.07, 6.45) is -1.86. The summed E-state index contributed by atoms with van der Waals surface area (Å²) in [7, 11) is 0. The number of alkyl halides is 1. The third kappa shape index (κ3) is 2.68. The fraction of sp³-hybridized carbons (Fsp3) is 0.0667. The van der Waals surface area contributed by atoms with E-state index in [-0.39, 0.29) is 16.7 Å². The number of benzene rings is 2. The van der Waals surface area contributed by atoms with E-state index in [4.69, 9.17) is 5.11 Å². The topological polar surface area (TPSA) is 54.4 Å². The average Bonchev–Trinajstić information content (AvgIpc) is 2.46. The van der Waals surface area contributed by atoms with E-state index in [0.29, 0.717) is 0 Å². The van der Waals surface area contributed by atoms with Gasteiger partial charge in [0.05, 0.1) is 5.56 Å². The molecule has 0 amide bonds. The summed E-state index contributed by atoms with van der Waals surface area (Å²) in [5, 5.41) is 8.99. The lowest BCUT2D eigenvalue weighted by Gasteiger charge is -2.09. The zero-order valence-corrected chi connectivity index (χ0v) is 9.92. The Hall–Kier alpha value is -2.49. The fourth-order valence-electron chi connectivity index (χ4n) is 1.79. The molecule has 2 aromatic rings. The molecule has 0 saturated carbocycles. The highest BCUT2D eigenvalue weighted by atomic mass is 19.1. The van der Waals surface area contributed by atoms with Gasteiger partial charge in [0.1, 0.15) is 0 Å². The van der Waals surface area contributed by atoms with Crippen molar-refractivity contribution in [2.45, 2.75) is 6.17 Å². The van der Waals surface area contributed by atoms with E-state index in [1.807, 2.05) is 0 Å². The summed E-state index contributed by atoms with van der Waals surface area (Å²) < 4.78 is 14.1. The Morgan fingerprint density at radius 2 is 1.42 bits per heavy atom. The summed E-state index contributed by atoms with van der Waals surface area (Å²) in [5.74, 6) is -2.09. The molecule has 1 atom stereocenters. The lowest BCUT2D eigenvalue weighted by atomic mass is 9.97. The van der Waals surface area contributed by atoms with Crippen molar-refractivity contribution in [2.75, 3.05) is 0 Å². The van der Waals surface area contributed by atoms with Crippen LogP contribution in [0.4, 0.5) is 4.39 Å². The van der Waals surface area contributed by atoms with Gasteiger partial charge >= 0.3 is 5.97 Å². The van der Waals surface area contributed by atoms with Crippen molar-refractivity contribution in [3.63, 3.8) is 0 Å². The van der Waals surface area contributed by atoms with E-state index in [9.17, 15) is 14.0 Å². The molecule has 2 rings (SSSR count). The molecule has 0 aliphatic carbocycles. The summed E-state index contributed by atoms with van der Waals surface area (Å²) >= 11 is 0. The van der Waals surface area contributed by atoms with Crippen molar-refractivity contribution >= 4 is 11.8 Å². The minimum absolute atomic E-state index is 0.119. The lowest BCUT2D eigenvalue weighted by Crippen LogP contribution is -2.13. The van der Waals surface area contributed by atoms with Gasteiger partial charge < -0.3 is 5.11 Å². The van der Waals surface area contributed by atoms with Crippen molar-refractivity contribution in [3.05, 3.63) is 71.3 Å². The van der Waals surface area contributed by atoms with Gasteiger partial charge in [-0.05, 0) is 11.6 Å². The van der Waals surface area contributed by atoms with Crippen LogP contribution in [0.1, 0.15) is 32.5 Å². The molecule has 0 fully saturated rings. The normalized spacial score (nSPS) is 11.8. The van der Waals surface area contributed by atoms with Crippen LogP contribution < -0.4 is 0 Å². The molecule has 96 valence electrons. The molecule has 0 aromatic heterocycles. The van der Waals surface area contributed by atoms with Gasteiger partial charge in [0, 0.05) is 5.56 Å². The molecule has 0 saturated heterocycles. The third-order valence-electron chi connectivity index (χ3n) is 2.75. The number of carbonyl (C=O) groups excluding carboxylic acids is 1. The molecular formula is C15H11FO3. The molecule has 0 aliphatic rings. The number of carboxylic acid groups (broad SMARTS) is 1. The Morgan fingerprint density at radius 1 is 0.895 bits per heavy atom. The average molecular weight is 258 g/mol. The smallest absolute Gasteiger partial charge is 0.336 e. The van der Waals surface area contributed by atoms with Gasteiger partial charge in [-0.2, -0.15) is 0 Å². The zero-order valence-electron chi connectivity index (χ0n) is 9.92. The van der Waals surface area contributed by atoms with E-state index in [1.165, 1.54) is 36.4 Å². The summed E-state index contributed by atoms with van der Waals surface area (Å²) in [4.78, 5) is 23.0. The first-order valence-corrected chi connectivity index (χ1v) is 5.67. The Kier molecular flexibility index (Phi) is 3.71. The summed E-state index contributed by atoms with van der Waals surface area (Å²) in [6.45, 7) is 0. The molecule has 1 unspecified atom stereocenters. The molecule has 1 N–H and O–H groups in total. The molecule has 19 heavy (non-hydrogen) atoms. The highest BCUT2D eigenvalue weighted by molar-refractivity contribution is 6.07. The van der Waals surface area contributed by atoms with Crippen LogP contribution in [0.2, 0.25) is 0 Å². The first kappa shape index (κ1) is 13.0. The fourth-order valence-corrected chi connectivity index (χ4v) is 1.79. The number of rotatable bonds is 4. The standard InChI is InChI=1S/C15H11FO3/c16-13(10-6-2-1-3-7-10)14(17)11-8-4-5-9-12(11)15(18)19/h1-9,13H,(H,18,19). The maximum Gasteiger partial charge on any atom is 0.336 e. The van der Waals surface area contributed by atoms with Gasteiger partial charge in [-0.3, -0.25) is 4.79 Å². The number of hydrogen-bond donors (Lipinski definition) is 1. The van der Waals surface area contributed by atoms with E-state index < -0.39 is 17.9 Å². The minimum atomic E-state index is -1.86. The van der Waals surface area contributed by atoms with Crippen molar-refractivity contribution in [2.24, 2.45) is 0 Å². The molecule has 4 heteroatoms. The van der Waals surface area contributed by atoms with E-state index in [2.05, 4.69) is 0 Å². The number of carboxylic acids is 1. The second kappa shape index (κ2) is 5.44. The molecular weight excluding hydrogens is 247 g/mol. The highest BCUT2D eigenvalue weighted by Crippen LogP contribution is 2.24. The first-order chi connectivity index (χ1) is 9.11. The van der Waals surface area contributed by atoms with Crippen molar-refractivity contribution < 1.29 is 19.1 Å². The first-order valence-electron chi connectivity index (χ1n) is 5.67. The van der Waals surface area contributed by atoms with Crippen LogP contribution in [0, 0.1) is 0 Å². The van der Waals surface area contributed by atoms with E-state index in [1.54, 1.807) is 18.2 Å². The monoisotopic (exact) mass is 258 g/mol. The van der Waals surface area contributed by atoms with Crippen LogP contribution in [-0.4, -0.2) is 16.9 Å². The van der Waals surface area contributed by atoms with Gasteiger partial charge in [0.25, 0.3) is 0 Å². The molecule has 3 nitrogen and oxygen atoms in total. The molecule has 0 spiro atoms. The quantitative estimate of drug-likeness (QED) is 0.856. The third-order valence-corrected chi connectivity index (χ3v) is 2.75. The van der Waals surface area contributed by atoms with Gasteiger partial charge in [0.2, 0.25) is 5.78 Å². The van der Waals surface area contributed by atoms with Crippen LogP contribution in [0.15, 0.2) is 54.6 Å². The lowest BCUT2D eigenvalue weighted by molar-refractivity contribution is 0.0689. The van der Waals surface area contributed by atoms with Gasteiger partial charge in [0.15, 0.2) is 6.17 Å². The van der Waals surface area contributed by atoms with Crippen molar-refractivity contribution in [1.29, 1.82) is 0 Å². The molecule has 0 radical (unpaired) electrons. The summed E-state index contributed by atoms with van der Waals surface area (Å²) in [6, 6.07) is 13.6. The largest absolute Gasteiger partial charge is 0.478 e. The highest BCUT2D eigenvalue weighted by Gasteiger charge is 2.25. The SMILES string of the molecule is O=C(O)c1ccccc1C(=O)C(F)c1ccccc1. The Balaban J connectivity index is 2.38. The molecule has 2 aromatic carbocycles. The molecule has 0 aliphatic heterocycles. The summed E-state index contributed by atoms with van der Waals surface area (Å²) in [5.41, 5.74) is -0.0925. The van der Waals surface area contributed by atoms with Gasteiger partial charge in [-0.15, -0.1) is 0 Å². The van der Waals surface area contributed by atoms with Gasteiger partial charge in [-0.25, -0.2) is 9.18 Å². The number of carbonyl (C=O) groups is 2. The van der Waals surface area contributed by atoms with E-state index >= 15 is 0 Å². The Bertz CT molecular complexity index is 608. The second-order valence-electron chi connectivity index (χ2n) is 3.99. The van der Waals surface area contributed by atoms with Crippen LogP contribution >= 0.6 is 0 Å². The number of hydrogen-bond acceptors (Lipinski definition) is 2. The minimum Gasteiger partial charge on any atom is -0.478 e. The zero-order chi connectivity index (χ0) is 13.8. The number of halogens is 1. The Labute approximate surface area is 109 Å². The second-order valence-corrected chi connectivity index (χ2v) is 3.99. The van der Waals surface area contributed by atoms with E-state index in [0.717, 1.165) is 0 Å². The van der Waals surface area contributed by atoms with Crippen molar-refractivity contribution in [3.8, 4) is 0 Å². The van der Waals surface area contributed by atoms with Crippen molar-refractivity contribution in [1.82, 2.24) is 0 Å². The maximum absolute atomic E-state index is 14.1. The maximum atomic E-state index is 14.1. The predicted molar refractivity (Wildman–Crippen MR) is 68.0 cm³/mol. The van der Waals surface area contributed by atoms with Crippen LogP contribution in [0.25, 0.3) is 0 Å². The Morgan fingerprint density at radius 3 is 2.00 bits per heavy atom. The number of ketones is 1. The van der Waals surface area contributed by atoms with Crippen LogP contribution in [-0.2, 0) is 0 Å². The van der Waals surface area contributed by atoms with Crippen LogP contribution in [0.5, 0.6) is 0 Å². The van der Waals surface area contributed by atoms with Crippen LogP contribution in [0.3, 0.4) is 0 Å². The van der Waals surface area contributed by atoms with Gasteiger partial charge in [-0.1, -0.05) is 48.5 Å². The number of aromatic carboxylic acids is 1.